The van der Waals surface area contributed by atoms with E-state index < -0.39 is 10.0 Å². The number of hydrogen-bond acceptors (Lipinski definition) is 5. The number of amides is 1. The summed E-state index contributed by atoms with van der Waals surface area (Å²) in [6.45, 7) is 2.57. The Balaban J connectivity index is 1.41. The van der Waals surface area contributed by atoms with Crippen molar-refractivity contribution in [1.29, 1.82) is 0 Å². The quantitative estimate of drug-likeness (QED) is 0.712. The van der Waals surface area contributed by atoms with Crippen molar-refractivity contribution in [3.63, 3.8) is 0 Å². The van der Waals surface area contributed by atoms with Crippen molar-refractivity contribution in [3.05, 3.63) is 24.4 Å². The largest absolute Gasteiger partial charge is 0.342 e. The monoisotopic (exact) mass is 397 g/mol. The molecule has 2 fully saturated rings. The van der Waals surface area contributed by atoms with Gasteiger partial charge in [0.25, 0.3) is 0 Å². The molecule has 2 aliphatic rings. The molecular weight excluding hydrogens is 370 g/mol. The van der Waals surface area contributed by atoms with E-state index in [1.807, 2.05) is 29.3 Å². The number of aromatic nitrogens is 1. The molecule has 26 heavy (non-hydrogen) atoms. The highest BCUT2D eigenvalue weighted by molar-refractivity contribution is 7.99. The number of rotatable bonds is 5. The molecule has 8 heteroatoms. The maximum Gasteiger partial charge on any atom is 0.225 e. The Kier molecular flexibility index (Phi) is 6.58. The predicted octanol–water partition coefficient (Wildman–Crippen LogP) is 2.08. The van der Waals surface area contributed by atoms with Crippen LogP contribution in [0.3, 0.4) is 0 Å². The molecule has 0 unspecified atom stereocenters. The van der Waals surface area contributed by atoms with Crippen molar-refractivity contribution in [1.82, 2.24) is 14.2 Å². The predicted molar refractivity (Wildman–Crippen MR) is 103 cm³/mol. The van der Waals surface area contributed by atoms with Crippen LogP contribution in [0.25, 0.3) is 0 Å². The highest BCUT2D eigenvalue weighted by atomic mass is 32.2. The van der Waals surface area contributed by atoms with E-state index in [-0.39, 0.29) is 11.8 Å². The molecule has 0 N–H and O–H groups in total. The van der Waals surface area contributed by atoms with Crippen molar-refractivity contribution in [2.45, 2.75) is 30.7 Å². The average Bonchev–Trinajstić information content (AvgIpc) is 2.66. The number of carbonyl (C=O) groups excluding carboxylic acids is 1. The van der Waals surface area contributed by atoms with Crippen molar-refractivity contribution < 1.29 is 13.2 Å². The van der Waals surface area contributed by atoms with Crippen LogP contribution in [0.5, 0.6) is 0 Å². The Labute approximate surface area is 160 Å². The second-order valence-electron chi connectivity index (χ2n) is 7.18. The summed E-state index contributed by atoms with van der Waals surface area (Å²) in [5.41, 5.74) is 0. The zero-order valence-electron chi connectivity index (χ0n) is 15.2. The Bertz CT molecular complexity index is 696. The lowest BCUT2D eigenvalue weighted by molar-refractivity contribution is -0.138. The first kappa shape index (κ1) is 19.6. The molecule has 0 aromatic carbocycles. The zero-order chi connectivity index (χ0) is 18.6. The lowest BCUT2D eigenvalue weighted by atomic mass is 9.93. The third-order valence-corrected chi connectivity index (χ3v) is 7.78. The van der Waals surface area contributed by atoms with E-state index in [9.17, 15) is 13.2 Å². The minimum Gasteiger partial charge on any atom is -0.342 e. The fourth-order valence-electron chi connectivity index (χ4n) is 3.65. The van der Waals surface area contributed by atoms with E-state index in [0.717, 1.165) is 36.7 Å². The summed E-state index contributed by atoms with van der Waals surface area (Å²) in [6.07, 6.45) is 6.41. The van der Waals surface area contributed by atoms with Crippen LogP contribution in [0.15, 0.2) is 29.4 Å². The third kappa shape index (κ3) is 5.20. The van der Waals surface area contributed by atoms with E-state index in [0.29, 0.717) is 31.8 Å². The minimum atomic E-state index is -3.14. The summed E-state index contributed by atoms with van der Waals surface area (Å²) < 4.78 is 24.7. The fraction of sp³-hybridized carbons (Fsp3) is 0.667. The van der Waals surface area contributed by atoms with Gasteiger partial charge >= 0.3 is 0 Å². The molecule has 0 atom stereocenters. The SMILES string of the molecule is CS(=O)(=O)N1CCC(C(=O)N2CCC(CSc3ccccn3)CC2)CC1. The Morgan fingerprint density at radius 1 is 1.15 bits per heavy atom. The second kappa shape index (κ2) is 8.71. The van der Waals surface area contributed by atoms with Crippen molar-refractivity contribution in [2.24, 2.45) is 11.8 Å². The zero-order valence-corrected chi connectivity index (χ0v) is 16.8. The standard InChI is InChI=1S/C18H27N3O3S2/c1-26(23,24)21-12-7-16(8-13-21)18(22)20-10-5-15(6-11-20)14-25-17-4-2-3-9-19-17/h2-4,9,15-16H,5-8,10-14H2,1H3. The van der Waals surface area contributed by atoms with Gasteiger partial charge in [-0.2, -0.15) is 0 Å². The summed E-state index contributed by atoms with van der Waals surface area (Å²) >= 11 is 1.79. The van der Waals surface area contributed by atoms with Gasteiger partial charge in [0.1, 0.15) is 0 Å². The van der Waals surface area contributed by atoms with Crippen LogP contribution in [-0.2, 0) is 14.8 Å². The molecule has 144 valence electrons. The van der Waals surface area contributed by atoms with Gasteiger partial charge in [0, 0.05) is 44.0 Å². The van der Waals surface area contributed by atoms with Crippen LogP contribution in [0.4, 0.5) is 0 Å². The Hall–Kier alpha value is -1.12. The molecule has 1 aromatic rings. The molecule has 3 rings (SSSR count). The number of likely N-dealkylation sites (tertiary alicyclic amines) is 1. The van der Waals surface area contributed by atoms with Gasteiger partial charge in [0.2, 0.25) is 15.9 Å². The summed E-state index contributed by atoms with van der Waals surface area (Å²) in [5, 5.41) is 1.06. The molecule has 0 radical (unpaired) electrons. The molecule has 1 aromatic heterocycles. The van der Waals surface area contributed by atoms with Gasteiger partial charge in [-0.25, -0.2) is 17.7 Å². The number of nitrogens with zero attached hydrogens (tertiary/aromatic N) is 3. The van der Waals surface area contributed by atoms with E-state index in [4.69, 9.17) is 0 Å². The van der Waals surface area contributed by atoms with Gasteiger partial charge in [-0.05, 0) is 43.7 Å². The van der Waals surface area contributed by atoms with Gasteiger partial charge in [0.05, 0.1) is 11.3 Å². The molecule has 6 nitrogen and oxygen atoms in total. The molecule has 2 saturated heterocycles. The Morgan fingerprint density at radius 2 is 1.85 bits per heavy atom. The second-order valence-corrected chi connectivity index (χ2v) is 10.2. The van der Waals surface area contributed by atoms with Crippen LogP contribution >= 0.6 is 11.8 Å². The van der Waals surface area contributed by atoms with Crippen LogP contribution in [-0.4, -0.2) is 66.7 Å². The van der Waals surface area contributed by atoms with Crippen LogP contribution in [0.1, 0.15) is 25.7 Å². The van der Waals surface area contributed by atoms with Crippen molar-refractivity contribution in [3.8, 4) is 0 Å². The first-order valence-electron chi connectivity index (χ1n) is 9.21. The van der Waals surface area contributed by atoms with E-state index in [1.54, 1.807) is 11.8 Å². The first-order chi connectivity index (χ1) is 12.4. The average molecular weight is 398 g/mol. The van der Waals surface area contributed by atoms with Crippen LogP contribution in [0.2, 0.25) is 0 Å². The molecule has 3 heterocycles. The molecule has 0 spiro atoms. The fourth-order valence-corrected chi connectivity index (χ4v) is 5.57. The smallest absolute Gasteiger partial charge is 0.225 e. The van der Waals surface area contributed by atoms with Crippen molar-refractivity contribution >= 4 is 27.7 Å². The van der Waals surface area contributed by atoms with Crippen LogP contribution < -0.4 is 0 Å². The topological polar surface area (TPSA) is 70.6 Å². The first-order valence-corrected chi connectivity index (χ1v) is 12.0. The Morgan fingerprint density at radius 3 is 2.42 bits per heavy atom. The highest BCUT2D eigenvalue weighted by Gasteiger charge is 2.32. The van der Waals surface area contributed by atoms with E-state index in [1.165, 1.54) is 10.6 Å². The third-order valence-electron chi connectivity index (χ3n) is 5.30. The lowest BCUT2D eigenvalue weighted by Gasteiger charge is -2.36. The summed E-state index contributed by atoms with van der Waals surface area (Å²) in [7, 11) is -3.14. The van der Waals surface area contributed by atoms with Gasteiger partial charge in [-0.3, -0.25) is 4.79 Å². The summed E-state index contributed by atoms with van der Waals surface area (Å²) in [5.74, 6) is 1.87. The van der Waals surface area contributed by atoms with Gasteiger partial charge < -0.3 is 4.90 Å². The molecular formula is C18H27N3O3S2. The van der Waals surface area contributed by atoms with Crippen molar-refractivity contribution in [2.75, 3.05) is 38.2 Å². The number of sulfonamides is 1. The van der Waals surface area contributed by atoms with Crippen LogP contribution in [0, 0.1) is 11.8 Å². The minimum absolute atomic E-state index is 0.0209. The molecule has 0 saturated carbocycles. The highest BCUT2D eigenvalue weighted by Crippen LogP contribution is 2.28. The summed E-state index contributed by atoms with van der Waals surface area (Å²) in [4.78, 5) is 19.1. The number of piperidine rings is 2. The van der Waals surface area contributed by atoms with Gasteiger partial charge in [-0.1, -0.05) is 6.07 Å². The number of thioether (sulfide) groups is 1. The normalized spacial score (nSPS) is 21.0. The molecule has 1 amide bonds. The lowest BCUT2D eigenvalue weighted by Crippen LogP contribution is -2.46. The van der Waals surface area contributed by atoms with Gasteiger partial charge in [0.15, 0.2) is 0 Å². The number of hydrogen-bond donors (Lipinski definition) is 0. The number of pyridine rings is 1. The van der Waals surface area contributed by atoms with E-state index >= 15 is 0 Å². The van der Waals surface area contributed by atoms with Gasteiger partial charge in [-0.15, -0.1) is 11.8 Å². The molecule has 2 aliphatic heterocycles. The molecule has 0 aliphatic carbocycles. The summed E-state index contributed by atoms with van der Waals surface area (Å²) in [6, 6.07) is 5.96. The maximum absolute atomic E-state index is 12.7. The number of carbonyl (C=O) groups is 1. The maximum atomic E-state index is 12.7. The molecule has 0 bridgehead atoms. The van der Waals surface area contributed by atoms with E-state index in [2.05, 4.69) is 4.98 Å².